The van der Waals surface area contributed by atoms with Crippen molar-refractivity contribution >= 4 is 55.0 Å². The molecule has 4 aromatic rings. The smallest absolute Gasteiger partial charge is 0.259 e. The summed E-state index contributed by atoms with van der Waals surface area (Å²) in [6.07, 6.45) is 2.95. The molecule has 2 fully saturated rings. The summed E-state index contributed by atoms with van der Waals surface area (Å²) in [5.41, 5.74) is 5.92. The van der Waals surface area contributed by atoms with Gasteiger partial charge in [0.25, 0.3) is 5.91 Å². The molecule has 7 rings (SSSR count). The van der Waals surface area contributed by atoms with Crippen LogP contribution < -0.4 is 9.91 Å². The van der Waals surface area contributed by atoms with E-state index in [1.807, 2.05) is 61.5 Å². The Bertz CT molecular complexity index is 1650. The van der Waals surface area contributed by atoms with Crippen LogP contribution in [0.3, 0.4) is 0 Å². The first-order chi connectivity index (χ1) is 19.9. The quantitative estimate of drug-likeness (QED) is 0.207. The number of fused-ring (bicyclic) bond motifs is 3. The number of para-hydroxylation sites is 1. The Balaban J connectivity index is 1.41. The van der Waals surface area contributed by atoms with Crippen molar-refractivity contribution in [1.29, 1.82) is 0 Å². The van der Waals surface area contributed by atoms with Gasteiger partial charge in [-0.15, -0.1) is 0 Å². The molecule has 0 aromatic heterocycles. The lowest BCUT2D eigenvalue weighted by Crippen LogP contribution is -2.53. The molecule has 4 unspecified atom stereocenters. The fraction of sp³-hybridized carbons (Fsp3) is 0.176. The van der Waals surface area contributed by atoms with E-state index in [4.69, 9.17) is 0 Å². The Labute approximate surface area is 256 Å². The number of halogens is 2. The molecular weight excluding hydrogens is 642 g/mol. The van der Waals surface area contributed by atoms with Crippen LogP contribution in [0.5, 0.6) is 0 Å². The van der Waals surface area contributed by atoms with E-state index in [0.717, 1.165) is 43.4 Å². The van der Waals surface area contributed by atoms with Gasteiger partial charge < -0.3 is 0 Å². The van der Waals surface area contributed by atoms with Gasteiger partial charge in [0.2, 0.25) is 5.91 Å². The van der Waals surface area contributed by atoms with Gasteiger partial charge in [-0.3, -0.25) is 19.6 Å². The number of allylic oxidation sites excluding steroid dienone is 1. The fourth-order valence-corrected chi connectivity index (χ4v) is 7.01. The molecule has 4 aromatic carbocycles. The highest BCUT2D eigenvalue weighted by atomic mass is 79.9. The topological polar surface area (TPSA) is 43.9 Å². The van der Waals surface area contributed by atoms with Gasteiger partial charge in [-0.1, -0.05) is 98.1 Å². The van der Waals surface area contributed by atoms with Gasteiger partial charge in [-0.05, 0) is 66.6 Å². The summed E-state index contributed by atoms with van der Waals surface area (Å²) in [5.74, 6) is -1.14. The largest absolute Gasteiger partial charge is 0.277 e. The molecule has 0 saturated carbocycles. The summed E-state index contributed by atoms with van der Waals surface area (Å²) in [4.78, 5) is 30.2. The number of hydrogen-bond acceptors (Lipinski definition) is 4. The molecule has 0 spiro atoms. The fourth-order valence-electron chi connectivity index (χ4n) is 6.49. The standard InChI is InChI=1S/C34H27Br2N3O2/c1-21-7-17-26(18-8-21)37-33(40)31-29(22-9-13-24(35)14-10-22)19-28-20-30(23-11-15-25(36)16-12-23)38(27-5-3-2-4-6-27)39(28)32(31)34(37)41/h2-19,29-32H,20H2,1H3. The number of imide groups is 1. The van der Waals surface area contributed by atoms with Crippen LogP contribution in [0.4, 0.5) is 11.4 Å². The second-order valence-corrected chi connectivity index (χ2v) is 12.7. The van der Waals surface area contributed by atoms with Gasteiger partial charge in [0.1, 0.15) is 6.04 Å². The Morgan fingerprint density at radius 1 is 0.659 bits per heavy atom. The predicted octanol–water partition coefficient (Wildman–Crippen LogP) is 7.93. The predicted molar refractivity (Wildman–Crippen MR) is 168 cm³/mol. The molecule has 41 heavy (non-hydrogen) atoms. The number of anilines is 2. The summed E-state index contributed by atoms with van der Waals surface area (Å²) < 4.78 is 1.99. The maximum absolute atomic E-state index is 14.5. The molecular formula is C34H27Br2N3O2. The molecule has 3 aliphatic rings. The highest BCUT2D eigenvalue weighted by Gasteiger charge is 2.60. The van der Waals surface area contributed by atoms with Crippen molar-refractivity contribution in [3.05, 3.63) is 141 Å². The number of amides is 2. The van der Waals surface area contributed by atoms with Crippen LogP contribution in [0, 0.1) is 12.8 Å². The lowest BCUT2D eigenvalue weighted by Gasteiger charge is -2.43. The molecule has 204 valence electrons. The summed E-state index contributed by atoms with van der Waals surface area (Å²) in [7, 11) is 0. The molecule has 3 heterocycles. The minimum atomic E-state index is -0.668. The molecule has 2 saturated heterocycles. The van der Waals surface area contributed by atoms with Crippen molar-refractivity contribution in [2.24, 2.45) is 5.92 Å². The summed E-state index contributed by atoms with van der Waals surface area (Å²) in [5, 5.41) is 4.35. The van der Waals surface area contributed by atoms with E-state index in [1.165, 1.54) is 4.90 Å². The van der Waals surface area contributed by atoms with E-state index in [1.54, 1.807) is 0 Å². The molecule has 0 N–H and O–H groups in total. The van der Waals surface area contributed by atoms with Crippen molar-refractivity contribution < 1.29 is 9.59 Å². The minimum absolute atomic E-state index is 0.0302. The lowest BCUT2D eigenvalue weighted by molar-refractivity contribution is -0.122. The third kappa shape index (κ3) is 4.43. The Hall–Kier alpha value is -3.68. The van der Waals surface area contributed by atoms with E-state index in [2.05, 4.69) is 96.5 Å². The van der Waals surface area contributed by atoms with Crippen LogP contribution in [-0.4, -0.2) is 22.9 Å². The second-order valence-electron chi connectivity index (χ2n) is 10.8. The molecule has 4 atom stereocenters. The van der Waals surface area contributed by atoms with Crippen LogP contribution in [0.2, 0.25) is 0 Å². The third-order valence-electron chi connectivity index (χ3n) is 8.39. The summed E-state index contributed by atoms with van der Waals surface area (Å²) in [6.45, 7) is 2.00. The first-order valence-electron chi connectivity index (χ1n) is 13.7. The van der Waals surface area contributed by atoms with E-state index in [9.17, 15) is 9.59 Å². The first-order valence-corrected chi connectivity index (χ1v) is 15.3. The van der Waals surface area contributed by atoms with Crippen molar-refractivity contribution in [3.8, 4) is 0 Å². The number of hydrazine groups is 1. The van der Waals surface area contributed by atoms with Crippen LogP contribution in [0.25, 0.3) is 0 Å². The minimum Gasteiger partial charge on any atom is -0.277 e. The average Bonchev–Trinajstić information content (AvgIpc) is 3.49. The molecule has 0 aliphatic carbocycles. The van der Waals surface area contributed by atoms with Crippen molar-refractivity contribution in [1.82, 2.24) is 5.01 Å². The number of carbonyl (C=O) groups is 2. The van der Waals surface area contributed by atoms with Gasteiger partial charge in [0, 0.05) is 27.0 Å². The van der Waals surface area contributed by atoms with E-state index in [0.29, 0.717) is 5.69 Å². The normalized spacial score (nSPS) is 23.5. The molecule has 0 bridgehead atoms. The Morgan fingerprint density at radius 2 is 1.27 bits per heavy atom. The highest BCUT2D eigenvalue weighted by molar-refractivity contribution is 9.10. The SMILES string of the molecule is Cc1ccc(N2C(=O)C3C(c4ccc(Br)cc4)C=C4CC(c5ccc(Br)cc5)N(c5ccccc5)N4C3C2=O)cc1. The number of carbonyl (C=O) groups excluding carboxylic acids is 2. The van der Waals surface area contributed by atoms with Crippen molar-refractivity contribution in [2.45, 2.75) is 31.3 Å². The summed E-state index contributed by atoms with van der Waals surface area (Å²) in [6, 6.07) is 33.6. The van der Waals surface area contributed by atoms with Gasteiger partial charge in [0.05, 0.1) is 23.3 Å². The zero-order valence-electron chi connectivity index (χ0n) is 22.3. The monoisotopic (exact) mass is 667 g/mol. The number of hydrogen-bond donors (Lipinski definition) is 0. The lowest BCUT2D eigenvalue weighted by atomic mass is 9.78. The Kier molecular flexibility index (Phi) is 6.59. The van der Waals surface area contributed by atoms with E-state index < -0.39 is 12.0 Å². The third-order valence-corrected chi connectivity index (χ3v) is 9.45. The zero-order chi connectivity index (χ0) is 28.2. The zero-order valence-corrected chi connectivity index (χ0v) is 25.5. The Morgan fingerprint density at radius 3 is 1.90 bits per heavy atom. The van der Waals surface area contributed by atoms with Crippen LogP contribution in [-0.2, 0) is 9.59 Å². The van der Waals surface area contributed by atoms with Gasteiger partial charge in [-0.25, -0.2) is 4.90 Å². The molecule has 3 aliphatic heterocycles. The molecule has 2 amide bonds. The van der Waals surface area contributed by atoms with Crippen LogP contribution >= 0.6 is 31.9 Å². The number of aryl methyl sites for hydroxylation is 1. The van der Waals surface area contributed by atoms with E-state index >= 15 is 0 Å². The number of nitrogens with zero attached hydrogens (tertiary/aromatic N) is 3. The molecule has 5 nitrogen and oxygen atoms in total. The van der Waals surface area contributed by atoms with Crippen molar-refractivity contribution in [3.63, 3.8) is 0 Å². The number of benzene rings is 4. The second kappa shape index (κ2) is 10.3. The average molecular weight is 669 g/mol. The molecule has 7 heteroatoms. The maximum atomic E-state index is 14.5. The maximum Gasteiger partial charge on any atom is 0.259 e. The van der Waals surface area contributed by atoms with Gasteiger partial charge in [-0.2, -0.15) is 0 Å². The highest BCUT2D eigenvalue weighted by Crippen LogP contribution is 2.52. The van der Waals surface area contributed by atoms with Crippen molar-refractivity contribution in [2.75, 3.05) is 9.91 Å². The molecule has 0 radical (unpaired) electrons. The summed E-state index contributed by atoms with van der Waals surface area (Å²) >= 11 is 7.12. The van der Waals surface area contributed by atoms with Crippen LogP contribution in [0.15, 0.2) is 124 Å². The number of rotatable bonds is 4. The van der Waals surface area contributed by atoms with Gasteiger partial charge >= 0.3 is 0 Å². The van der Waals surface area contributed by atoms with Crippen LogP contribution in [0.1, 0.15) is 35.1 Å². The first kappa shape index (κ1) is 26.2. The van der Waals surface area contributed by atoms with Gasteiger partial charge in [0.15, 0.2) is 0 Å². The van der Waals surface area contributed by atoms with E-state index in [-0.39, 0.29) is 23.8 Å².